The molecule has 0 spiro atoms. The molecule has 2 N–H and O–H groups in total. The van der Waals surface area contributed by atoms with E-state index in [4.69, 9.17) is 9.11 Å². The highest BCUT2D eigenvalue weighted by atomic mass is 32.2. The first kappa shape index (κ1) is 27.8. The molecule has 8 nitrogen and oxygen atoms in total. The van der Waals surface area contributed by atoms with E-state index in [9.17, 15) is 16.8 Å². The van der Waals surface area contributed by atoms with Crippen molar-refractivity contribution in [1.29, 1.82) is 0 Å². The fraction of sp³-hybridized carbons (Fsp3) is 0.182. The van der Waals surface area contributed by atoms with Gasteiger partial charge in [0.2, 0.25) is 0 Å². The highest BCUT2D eigenvalue weighted by Crippen LogP contribution is 2.24. The quantitative estimate of drug-likeness (QED) is 0.338. The molecule has 0 bridgehead atoms. The summed E-state index contributed by atoms with van der Waals surface area (Å²) in [5.41, 5.74) is 8.41. The van der Waals surface area contributed by atoms with Crippen LogP contribution in [0.25, 0.3) is 22.5 Å². The Morgan fingerprint density at radius 2 is 0.971 bits per heavy atom. The van der Waals surface area contributed by atoms with E-state index in [0.29, 0.717) is 0 Å². The first-order valence-corrected chi connectivity index (χ1v) is 14.8. The van der Waals surface area contributed by atoms with Gasteiger partial charge in [0.05, 0.1) is 33.9 Å². The molecule has 2 aromatic carbocycles. The molecule has 0 unspecified atom stereocenters. The average Bonchev–Trinajstić information content (AvgIpc) is 3.42. The molecule has 0 saturated carbocycles. The Morgan fingerprint density at radius 1 is 0.647 bits per heavy atom. The van der Waals surface area contributed by atoms with Crippen LogP contribution >= 0.6 is 22.7 Å². The van der Waals surface area contributed by atoms with Crippen LogP contribution in [0.5, 0.6) is 0 Å². The normalized spacial score (nSPS) is 11.1. The number of nitrogens with zero attached hydrogens (tertiary/aromatic N) is 2. The van der Waals surface area contributed by atoms with Gasteiger partial charge >= 0.3 is 0 Å². The molecule has 2 heterocycles. The zero-order valence-electron chi connectivity index (χ0n) is 18.4. The van der Waals surface area contributed by atoms with Gasteiger partial charge in [0.15, 0.2) is 0 Å². The third-order valence-corrected chi connectivity index (χ3v) is 7.40. The van der Waals surface area contributed by atoms with Gasteiger partial charge in [0.25, 0.3) is 20.2 Å². The van der Waals surface area contributed by atoms with Crippen molar-refractivity contribution >= 4 is 42.9 Å². The molecular weight excluding hydrogens is 517 g/mol. The van der Waals surface area contributed by atoms with Crippen molar-refractivity contribution in [2.75, 3.05) is 11.5 Å². The van der Waals surface area contributed by atoms with Crippen molar-refractivity contribution in [3.8, 4) is 22.5 Å². The van der Waals surface area contributed by atoms with Crippen molar-refractivity contribution in [2.45, 2.75) is 13.8 Å². The van der Waals surface area contributed by atoms with Crippen molar-refractivity contribution < 1.29 is 25.9 Å². The Kier molecular flexibility index (Phi) is 10.5. The molecule has 0 atom stereocenters. The molecule has 4 aromatic rings. The fourth-order valence-corrected chi connectivity index (χ4v) is 5.45. The molecule has 12 heteroatoms. The smallest absolute Gasteiger partial charge is 0.265 e. The lowest BCUT2D eigenvalue weighted by molar-refractivity contribution is 0.472. The second-order valence-corrected chi connectivity index (χ2v) is 12.1. The first-order valence-electron chi connectivity index (χ1n) is 9.77. The summed E-state index contributed by atoms with van der Waals surface area (Å²) in [5.74, 6) is -1.96. The van der Waals surface area contributed by atoms with Gasteiger partial charge in [0, 0.05) is 20.9 Å². The minimum atomic E-state index is -4.30. The molecule has 0 fully saturated rings. The summed E-state index contributed by atoms with van der Waals surface area (Å²) in [7, 11) is -8.59. The van der Waals surface area contributed by atoms with Gasteiger partial charge in [-0.3, -0.25) is 9.11 Å². The van der Waals surface area contributed by atoms with Gasteiger partial charge in [-0.15, -0.1) is 22.7 Å². The minimum Gasteiger partial charge on any atom is -0.286 e. The van der Waals surface area contributed by atoms with E-state index in [1.165, 1.54) is 20.9 Å². The number of hydrogen-bond donors (Lipinski definition) is 2. The summed E-state index contributed by atoms with van der Waals surface area (Å²) in [6.07, 6.45) is 0. The molecule has 0 aliphatic rings. The number of aromatic nitrogens is 2. The first-order chi connectivity index (χ1) is 16.0. The van der Waals surface area contributed by atoms with Crippen LogP contribution in [0, 0.1) is 13.8 Å². The largest absolute Gasteiger partial charge is 0.286 e. The van der Waals surface area contributed by atoms with Gasteiger partial charge < -0.3 is 0 Å². The molecule has 4 rings (SSSR count). The van der Waals surface area contributed by atoms with E-state index >= 15 is 0 Å². The Morgan fingerprint density at radius 3 is 1.21 bits per heavy atom. The number of rotatable bonds is 5. The van der Waals surface area contributed by atoms with Crippen molar-refractivity contribution in [1.82, 2.24) is 9.97 Å². The van der Waals surface area contributed by atoms with E-state index in [0.717, 1.165) is 11.4 Å². The van der Waals surface area contributed by atoms with Gasteiger partial charge in [-0.1, -0.05) is 60.7 Å². The number of thiazole rings is 2. The van der Waals surface area contributed by atoms with Crippen molar-refractivity contribution in [3.05, 3.63) is 81.4 Å². The van der Waals surface area contributed by atoms with Crippen LogP contribution in [0.2, 0.25) is 0 Å². The second kappa shape index (κ2) is 12.8. The predicted molar refractivity (Wildman–Crippen MR) is 137 cm³/mol. The van der Waals surface area contributed by atoms with Crippen molar-refractivity contribution in [2.24, 2.45) is 0 Å². The Bertz CT molecular complexity index is 1260. The van der Waals surface area contributed by atoms with E-state index in [1.54, 1.807) is 22.7 Å². The third kappa shape index (κ3) is 10.2. The molecule has 34 heavy (non-hydrogen) atoms. The standard InChI is InChI=1S/2C10H9NS.C2H6O6S2/c2*1-8-10(11-7-12-8)9-5-3-2-4-6-9;3-9(4,5)1-2-10(6,7)8/h2*2-7H,1H3;1-2H2,(H,3,4,5)(H,6,7,8). The highest BCUT2D eigenvalue weighted by Gasteiger charge is 2.11. The Balaban J connectivity index is 0.000000182. The van der Waals surface area contributed by atoms with Crippen LogP contribution in [0.1, 0.15) is 9.75 Å². The van der Waals surface area contributed by atoms with Gasteiger partial charge in [-0.05, 0) is 13.8 Å². The van der Waals surface area contributed by atoms with Crippen LogP contribution < -0.4 is 0 Å². The topological polar surface area (TPSA) is 135 Å². The summed E-state index contributed by atoms with van der Waals surface area (Å²) in [6, 6.07) is 20.5. The van der Waals surface area contributed by atoms with Crippen LogP contribution in [-0.4, -0.2) is 47.4 Å². The summed E-state index contributed by atoms with van der Waals surface area (Å²) in [6.45, 7) is 4.19. The van der Waals surface area contributed by atoms with Gasteiger partial charge in [-0.25, -0.2) is 9.97 Å². The van der Waals surface area contributed by atoms with E-state index < -0.39 is 31.7 Å². The van der Waals surface area contributed by atoms with Gasteiger partial charge in [-0.2, -0.15) is 16.8 Å². The lowest BCUT2D eigenvalue weighted by atomic mass is 10.1. The van der Waals surface area contributed by atoms with Crippen LogP contribution in [0.3, 0.4) is 0 Å². The predicted octanol–water partition coefficient (Wildman–Crippen LogP) is 5.00. The van der Waals surface area contributed by atoms with Gasteiger partial charge in [0.1, 0.15) is 0 Å². The summed E-state index contributed by atoms with van der Waals surface area (Å²) < 4.78 is 55.4. The summed E-state index contributed by atoms with van der Waals surface area (Å²) >= 11 is 3.38. The molecule has 0 aliphatic carbocycles. The van der Waals surface area contributed by atoms with Crippen molar-refractivity contribution in [3.63, 3.8) is 0 Å². The average molecular weight is 541 g/mol. The van der Waals surface area contributed by atoms with Crippen LogP contribution in [-0.2, 0) is 20.2 Å². The zero-order valence-corrected chi connectivity index (χ0v) is 21.7. The second-order valence-electron chi connectivity index (χ2n) is 6.82. The Hall–Kier alpha value is -2.48. The molecule has 2 aromatic heterocycles. The monoisotopic (exact) mass is 540 g/mol. The van der Waals surface area contributed by atoms with Crippen LogP contribution in [0.15, 0.2) is 71.7 Å². The molecule has 0 radical (unpaired) electrons. The summed E-state index contributed by atoms with van der Waals surface area (Å²) in [4.78, 5) is 11.2. The molecular formula is C22H24N2O6S4. The Labute approximate surface area is 207 Å². The lowest BCUT2D eigenvalue weighted by Gasteiger charge is -1.96. The van der Waals surface area contributed by atoms with E-state index in [1.807, 2.05) is 47.4 Å². The number of benzene rings is 2. The maximum absolute atomic E-state index is 9.86. The SMILES string of the molecule is Cc1scnc1-c1ccccc1.Cc1scnc1-c1ccccc1.O=S(=O)(O)CCS(=O)(=O)O. The maximum Gasteiger partial charge on any atom is 0.265 e. The number of hydrogen-bond acceptors (Lipinski definition) is 8. The molecule has 182 valence electrons. The summed E-state index contributed by atoms with van der Waals surface area (Å²) in [5, 5.41) is 0. The molecule has 0 aliphatic heterocycles. The zero-order chi connectivity index (χ0) is 25.2. The maximum atomic E-state index is 9.86. The highest BCUT2D eigenvalue weighted by molar-refractivity contribution is 7.89. The number of aryl methyl sites for hydroxylation is 2. The molecule has 0 saturated heterocycles. The lowest BCUT2D eigenvalue weighted by Crippen LogP contribution is -2.15. The minimum absolute atomic E-state index is 0.980. The fourth-order valence-electron chi connectivity index (χ4n) is 2.57. The van der Waals surface area contributed by atoms with Crippen LogP contribution in [0.4, 0.5) is 0 Å². The third-order valence-electron chi connectivity index (χ3n) is 4.18. The molecule has 0 amide bonds. The van der Waals surface area contributed by atoms with E-state index in [-0.39, 0.29) is 0 Å². The van der Waals surface area contributed by atoms with E-state index in [2.05, 4.69) is 48.1 Å².